The average molecular weight is 234 g/mol. The van der Waals surface area contributed by atoms with Gasteiger partial charge >= 0.3 is 0 Å². The van der Waals surface area contributed by atoms with Crippen molar-refractivity contribution in [2.45, 2.75) is 45.6 Å². The van der Waals surface area contributed by atoms with Crippen LogP contribution in [0, 0.1) is 5.92 Å². The largest absolute Gasteiger partial charge is 0.493 e. The monoisotopic (exact) mass is 234 g/mol. The molecule has 2 rings (SSSR count). The summed E-state index contributed by atoms with van der Waals surface area (Å²) in [5, 5.41) is 9.68. The van der Waals surface area contributed by atoms with Crippen LogP contribution in [-0.4, -0.2) is 17.8 Å². The Labute approximate surface area is 104 Å². The van der Waals surface area contributed by atoms with Crippen LogP contribution in [0.1, 0.15) is 37.8 Å². The number of rotatable bonds is 5. The molecule has 0 amide bonds. The molecule has 1 aliphatic carbocycles. The minimum absolute atomic E-state index is 0.260. The van der Waals surface area contributed by atoms with E-state index < -0.39 is 0 Å². The van der Waals surface area contributed by atoms with Gasteiger partial charge in [-0.05, 0) is 48.4 Å². The van der Waals surface area contributed by atoms with Gasteiger partial charge in [-0.25, -0.2) is 0 Å². The van der Waals surface area contributed by atoms with Gasteiger partial charge in [0, 0.05) is 6.42 Å². The molecule has 0 bridgehead atoms. The fourth-order valence-corrected chi connectivity index (χ4v) is 2.27. The summed E-state index contributed by atoms with van der Waals surface area (Å²) in [5.41, 5.74) is 2.91. The van der Waals surface area contributed by atoms with Crippen LogP contribution >= 0.6 is 0 Å². The summed E-state index contributed by atoms with van der Waals surface area (Å²) in [6.07, 6.45) is 4.10. The van der Waals surface area contributed by atoms with Crippen LogP contribution in [0.25, 0.3) is 0 Å². The van der Waals surface area contributed by atoms with Gasteiger partial charge in [-0.2, -0.15) is 0 Å². The normalized spacial score (nSPS) is 16.0. The highest BCUT2D eigenvalue weighted by molar-refractivity contribution is 5.38. The van der Waals surface area contributed by atoms with Crippen LogP contribution in [0.4, 0.5) is 0 Å². The molecule has 0 aromatic heterocycles. The molecule has 1 unspecified atom stereocenters. The summed E-state index contributed by atoms with van der Waals surface area (Å²) in [6.45, 7) is 4.65. The highest BCUT2D eigenvalue weighted by atomic mass is 16.5. The molecule has 0 saturated carbocycles. The zero-order valence-electron chi connectivity index (χ0n) is 10.8. The Morgan fingerprint density at radius 3 is 2.76 bits per heavy atom. The van der Waals surface area contributed by atoms with Crippen LogP contribution in [0.15, 0.2) is 18.2 Å². The SMILES string of the molecule is CC(C)C(O)CCOc1ccc2c(c1)CCC2. The summed E-state index contributed by atoms with van der Waals surface area (Å²) in [5.74, 6) is 1.25. The molecule has 1 N–H and O–H groups in total. The molecule has 17 heavy (non-hydrogen) atoms. The molecule has 0 saturated heterocycles. The number of aliphatic hydroxyl groups excluding tert-OH is 1. The van der Waals surface area contributed by atoms with E-state index in [1.807, 2.05) is 19.9 Å². The van der Waals surface area contributed by atoms with Crippen molar-refractivity contribution in [3.05, 3.63) is 29.3 Å². The average Bonchev–Trinajstić information content (AvgIpc) is 2.75. The highest BCUT2D eigenvalue weighted by Crippen LogP contribution is 2.26. The molecule has 1 aromatic carbocycles. The van der Waals surface area contributed by atoms with E-state index in [-0.39, 0.29) is 6.10 Å². The molecule has 0 fully saturated rings. The van der Waals surface area contributed by atoms with Crippen LogP contribution in [0.3, 0.4) is 0 Å². The van der Waals surface area contributed by atoms with Crippen molar-refractivity contribution in [1.82, 2.24) is 0 Å². The maximum absolute atomic E-state index is 9.68. The van der Waals surface area contributed by atoms with Crippen molar-refractivity contribution in [3.8, 4) is 5.75 Å². The predicted octanol–water partition coefficient (Wildman–Crippen LogP) is 2.96. The molecule has 1 atom stereocenters. The second-order valence-corrected chi connectivity index (χ2v) is 5.23. The van der Waals surface area contributed by atoms with E-state index in [9.17, 15) is 5.11 Å². The summed E-state index contributed by atoms with van der Waals surface area (Å²) in [6, 6.07) is 6.38. The van der Waals surface area contributed by atoms with E-state index in [2.05, 4.69) is 12.1 Å². The first-order valence-corrected chi connectivity index (χ1v) is 6.59. The van der Waals surface area contributed by atoms with E-state index in [0.717, 1.165) is 5.75 Å². The maximum Gasteiger partial charge on any atom is 0.119 e. The van der Waals surface area contributed by atoms with Gasteiger partial charge in [0.1, 0.15) is 5.75 Å². The first-order valence-electron chi connectivity index (χ1n) is 6.59. The highest BCUT2D eigenvalue weighted by Gasteiger charge is 2.12. The van der Waals surface area contributed by atoms with Crippen molar-refractivity contribution >= 4 is 0 Å². The minimum atomic E-state index is -0.260. The second kappa shape index (κ2) is 5.54. The maximum atomic E-state index is 9.68. The number of aryl methyl sites for hydroxylation is 2. The molecule has 0 spiro atoms. The van der Waals surface area contributed by atoms with Crippen molar-refractivity contribution in [3.63, 3.8) is 0 Å². The third kappa shape index (κ3) is 3.22. The van der Waals surface area contributed by atoms with Crippen molar-refractivity contribution in [2.75, 3.05) is 6.61 Å². The van der Waals surface area contributed by atoms with Gasteiger partial charge in [0.15, 0.2) is 0 Å². The van der Waals surface area contributed by atoms with Crippen molar-refractivity contribution in [2.24, 2.45) is 5.92 Å². The van der Waals surface area contributed by atoms with E-state index in [0.29, 0.717) is 18.9 Å². The fourth-order valence-electron chi connectivity index (χ4n) is 2.27. The van der Waals surface area contributed by atoms with Crippen LogP contribution in [0.5, 0.6) is 5.75 Å². The fraction of sp³-hybridized carbons (Fsp3) is 0.600. The molecule has 1 aromatic rings. The van der Waals surface area contributed by atoms with Gasteiger partial charge < -0.3 is 9.84 Å². The summed E-state index contributed by atoms with van der Waals surface area (Å²) in [7, 11) is 0. The lowest BCUT2D eigenvalue weighted by molar-refractivity contribution is 0.0976. The molecule has 0 heterocycles. The molecule has 0 radical (unpaired) electrons. The Kier molecular flexibility index (Phi) is 4.06. The van der Waals surface area contributed by atoms with E-state index in [4.69, 9.17) is 4.74 Å². The van der Waals surface area contributed by atoms with Crippen molar-refractivity contribution < 1.29 is 9.84 Å². The number of hydrogen-bond acceptors (Lipinski definition) is 2. The summed E-state index contributed by atoms with van der Waals surface area (Å²) in [4.78, 5) is 0. The van der Waals surface area contributed by atoms with Gasteiger partial charge in [-0.1, -0.05) is 19.9 Å². The summed E-state index contributed by atoms with van der Waals surface area (Å²) >= 11 is 0. The lowest BCUT2D eigenvalue weighted by atomic mass is 10.1. The van der Waals surface area contributed by atoms with Crippen LogP contribution in [-0.2, 0) is 12.8 Å². The van der Waals surface area contributed by atoms with Gasteiger partial charge in [0.25, 0.3) is 0 Å². The van der Waals surface area contributed by atoms with Gasteiger partial charge in [-0.3, -0.25) is 0 Å². The number of fused-ring (bicyclic) bond motifs is 1. The van der Waals surface area contributed by atoms with E-state index in [1.165, 1.54) is 30.4 Å². The van der Waals surface area contributed by atoms with Gasteiger partial charge in [0.2, 0.25) is 0 Å². The minimum Gasteiger partial charge on any atom is -0.493 e. The quantitative estimate of drug-likeness (QED) is 0.848. The van der Waals surface area contributed by atoms with Crippen LogP contribution < -0.4 is 4.74 Å². The molecule has 94 valence electrons. The molecule has 1 aliphatic rings. The molecular formula is C15H22O2. The third-order valence-corrected chi connectivity index (χ3v) is 3.52. The molecular weight excluding hydrogens is 212 g/mol. The Balaban J connectivity index is 1.83. The Morgan fingerprint density at radius 1 is 1.24 bits per heavy atom. The zero-order chi connectivity index (χ0) is 12.3. The molecule has 2 nitrogen and oxygen atoms in total. The Hall–Kier alpha value is -1.02. The number of hydrogen-bond donors (Lipinski definition) is 1. The predicted molar refractivity (Wildman–Crippen MR) is 69.4 cm³/mol. The number of benzene rings is 1. The smallest absolute Gasteiger partial charge is 0.119 e. The lowest BCUT2D eigenvalue weighted by Crippen LogP contribution is -2.18. The van der Waals surface area contributed by atoms with Crippen LogP contribution in [0.2, 0.25) is 0 Å². The lowest BCUT2D eigenvalue weighted by Gasteiger charge is -2.15. The zero-order valence-corrected chi connectivity index (χ0v) is 10.8. The van der Waals surface area contributed by atoms with E-state index >= 15 is 0 Å². The van der Waals surface area contributed by atoms with E-state index in [1.54, 1.807) is 0 Å². The Morgan fingerprint density at radius 2 is 2.00 bits per heavy atom. The van der Waals surface area contributed by atoms with Gasteiger partial charge in [0.05, 0.1) is 12.7 Å². The summed E-state index contributed by atoms with van der Waals surface area (Å²) < 4.78 is 5.69. The Bertz CT molecular complexity index is 371. The molecule has 0 aliphatic heterocycles. The first-order chi connectivity index (χ1) is 8.16. The first kappa shape index (κ1) is 12.4. The topological polar surface area (TPSA) is 29.5 Å². The number of aliphatic hydroxyl groups is 1. The standard InChI is InChI=1S/C15H22O2/c1-11(2)15(16)8-9-17-14-7-6-12-4-3-5-13(12)10-14/h6-7,10-11,15-16H,3-5,8-9H2,1-2H3. The van der Waals surface area contributed by atoms with Crippen molar-refractivity contribution in [1.29, 1.82) is 0 Å². The number of ether oxygens (including phenoxy) is 1. The second-order valence-electron chi connectivity index (χ2n) is 5.23. The third-order valence-electron chi connectivity index (χ3n) is 3.52. The van der Waals surface area contributed by atoms with Gasteiger partial charge in [-0.15, -0.1) is 0 Å². The molecule has 2 heteroatoms.